The highest BCUT2D eigenvalue weighted by molar-refractivity contribution is 5.70. The van der Waals surface area contributed by atoms with Gasteiger partial charge in [0.1, 0.15) is 0 Å². The molecule has 4 heteroatoms. The standard InChI is InChI=1S/C9H16O4/c1-3-8(10)13-7-5-6-9(11)12-4-2/h3-7H2,1-2H3. The van der Waals surface area contributed by atoms with Crippen LogP contribution in [0.1, 0.15) is 33.1 Å². The Hall–Kier alpha value is -1.06. The van der Waals surface area contributed by atoms with E-state index >= 15 is 0 Å². The molecule has 0 aromatic carbocycles. The van der Waals surface area contributed by atoms with Crippen molar-refractivity contribution in [2.75, 3.05) is 13.2 Å². The molecule has 13 heavy (non-hydrogen) atoms. The number of rotatable bonds is 6. The summed E-state index contributed by atoms with van der Waals surface area (Å²) >= 11 is 0. The lowest BCUT2D eigenvalue weighted by Gasteiger charge is -2.02. The van der Waals surface area contributed by atoms with E-state index in [0.717, 1.165) is 0 Å². The van der Waals surface area contributed by atoms with Crippen LogP contribution in [0.3, 0.4) is 0 Å². The quantitative estimate of drug-likeness (QED) is 0.465. The first-order valence-corrected chi connectivity index (χ1v) is 4.52. The van der Waals surface area contributed by atoms with Gasteiger partial charge in [0.2, 0.25) is 0 Å². The zero-order valence-corrected chi connectivity index (χ0v) is 8.17. The van der Waals surface area contributed by atoms with Gasteiger partial charge in [-0.1, -0.05) is 6.92 Å². The van der Waals surface area contributed by atoms with Gasteiger partial charge in [0, 0.05) is 12.8 Å². The zero-order chi connectivity index (χ0) is 10.1. The van der Waals surface area contributed by atoms with Crippen molar-refractivity contribution in [3.63, 3.8) is 0 Å². The van der Waals surface area contributed by atoms with Crippen LogP contribution in [0.4, 0.5) is 0 Å². The summed E-state index contributed by atoms with van der Waals surface area (Å²) in [6.07, 6.45) is 1.22. The highest BCUT2D eigenvalue weighted by Gasteiger charge is 2.02. The molecule has 0 atom stereocenters. The lowest BCUT2D eigenvalue weighted by atomic mass is 10.3. The molecule has 0 spiro atoms. The van der Waals surface area contributed by atoms with Gasteiger partial charge in [-0.2, -0.15) is 0 Å². The first kappa shape index (κ1) is 11.9. The molecule has 76 valence electrons. The lowest BCUT2D eigenvalue weighted by Crippen LogP contribution is -2.08. The summed E-state index contributed by atoms with van der Waals surface area (Å²) in [4.78, 5) is 21.4. The number of hydrogen-bond acceptors (Lipinski definition) is 4. The second-order valence-corrected chi connectivity index (χ2v) is 2.48. The molecule has 0 radical (unpaired) electrons. The van der Waals surface area contributed by atoms with Crippen molar-refractivity contribution in [3.8, 4) is 0 Å². The zero-order valence-electron chi connectivity index (χ0n) is 8.17. The minimum Gasteiger partial charge on any atom is -0.466 e. The van der Waals surface area contributed by atoms with Crippen molar-refractivity contribution < 1.29 is 19.1 Å². The van der Waals surface area contributed by atoms with Gasteiger partial charge in [-0.05, 0) is 13.3 Å². The van der Waals surface area contributed by atoms with Crippen LogP contribution in [0.2, 0.25) is 0 Å². The molecule has 0 saturated carbocycles. The highest BCUT2D eigenvalue weighted by Crippen LogP contribution is 1.95. The molecule has 0 amide bonds. The molecule has 0 aliphatic carbocycles. The summed E-state index contributed by atoms with van der Waals surface area (Å²) in [5.74, 6) is -0.473. The van der Waals surface area contributed by atoms with Crippen LogP contribution < -0.4 is 0 Å². The predicted molar refractivity (Wildman–Crippen MR) is 47.1 cm³/mol. The Morgan fingerprint density at radius 3 is 2.31 bits per heavy atom. The van der Waals surface area contributed by atoms with Crippen LogP contribution in [-0.2, 0) is 19.1 Å². The number of carbonyl (C=O) groups excluding carboxylic acids is 2. The summed E-state index contributed by atoms with van der Waals surface area (Å²) in [5, 5.41) is 0. The average molecular weight is 188 g/mol. The van der Waals surface area contributed by atoms with Gasteiger partial charge >= 0.3 is 11.9 Å². The molecule has 0 aliphatic heterocycles. The second-order valence-electron chi connectivity index (χ2n) is 2.48. The van der Waals surface area contributed by atoms with Gasteiger partial charge in [0.05, 0.1) is 13.2 Å². The van der Waals surface area contributed by atoms with Gasteiger partial charge in [0.15, 0.2) is 0 Å². The molecule has 0 aromatic rings. The van der Waals surface area contributed by atoms with Gasteiger partial charge in [-0.25, -0.2) is 0 Å². The fraction of sp³-hybridized carbons (Fsp3) is 0.778. The second kappa shape index (κ2) is 7.58. The van der Waals surface area contributed by atoms with Crippen LogP contribution in [0, 0.1) is 0 Å². The Kier molecular flexibility index (Phi) is 6.96. The fourth-order valence-electron chi connectivity index (χ4n) is 0.738. The minimum absolute atomic E-state index is 0.233. The maximum absolute atomic E-state index is 10.8. The Balaban J connectivity index is 3.25. The Morgan fingerprint density at radius 2 is 1.77 bits per heavy atom. The van der Waals surface area contributed by atoms with Crippen molar-refractivity contribution >= 4 is 11.9 Å². The van der Waals surface area contributed by atoms with E-state index in [2.05, 4.69) is 0 Å². The van der Waals surface area contributed by atoms with Crippen LogP contribution in [0.5, 0.6) is 0 Å². The number of hydrogen-bond donors (Lipinski definition) is 0. The number of ether oxygens (including phenoxy) is 2. The van der Waals surface area contributed by atoms with Gasteiger partial charge in [-0.3, -0.25) is 9.59 Å². The molecule has 0 saturated heterocycles. The number of esters is 2. The molecular formula is C9H16O4. The monoisotopic (exact) mass is 188 g/mol. The maximum Gasteiger partial charge on any atom is 0.305 e. The first-order chi connectivity index (χ1) is 6.20. The molecule has 0 aromatic heterocycles. The third-order valence-corrected chi connectivity index (χ3v) is 1.38. The smallest absolute Gasteiger partial charge is 0.305 e. The van der Waals surface area contributed by atoms with Gasteiger partial charge in [0.25, 0.3) is 0 Å². The van der Waals surface area contributed by atoms with E-state index in [4.69, 9.17) is 9.47 Å². The Morgan fingerprint density at radius 1 is 1.08 bits per heavy atom. The van der Waals surface area contributed by atoms with Gasteiger partial charge < -0.3 is 9.47 Å². The van der Waals surface area contributed by atoms with Gasteiger partial charge in [-0.15, -0.1) is 0 Å². The van der Waals surface area contributed by atoms with E-state index in [-0.39, 0.29) is 11.9 Å². The van der Waals surface area contributed by atoms with Crippen LogP contribution in [0.15, 0.2) is 0 Å². The summed E-state index contributed by atoms with van der Waals surface area (Å²) in [7, 11) is 0. The van der Waals surface area contributed by atoms with E-state index in [9.17, 15) is 9.59 Å². The third kappa shape index (κ3) is 7.31. The van der Waals surface area contributed by atoms with E-state index in [1.165, 1.54) is 0 Å². The first-order valence-electron chi connectivity index (χ1n) is 4.52. The number of carbonyl (C=O) groups is 2. The van der Waals surface area contributed by atoms with E-state index < -0.39 is 0 Å². The van der Waals surface area contributed by atoms with Crippen molar-refractivity contribution in [2.45, 2.75) is 33.1 Å². The summed E-state index contributed by atoms with van der Waals surface area (Å²) < 4.78 is 9.47. The fourth-order valence-corrected chi connectivity index (χ4v) is 0.738. The average Bonchev–Trinajstić information content (AvgIpc) is 2.12. The third-order valence-electron chi connectivity index (χ3n) is 1.38. The topological polar surface area (TPSA) is 52.6 Å². The van der Waals surface area contributed by atoms with Crippen molar-refractivity contribution in [1.82, 2.24) is 0 Å². The molecule has 0 heterocycles. The maximum atomic E-state index is 10.8. The summed E-state index contributed by atoms with van der Waals surface area (Å²) in [5.41, 5.74) is 0. The van der Waals surface area contributed by atoms with Crippen molar-refractivity contribution in [3.05, 3.63) is 0 Å². The lowest BCUT2D eigenvalue weighted by molar-refractivity contribution is -0.147. The van der Waals surface area contributed by atoms with E-state index in [1.54, 1.807) is 13.8 Å². The van der Waals surface area contributed by atoms with Crippen LogP contribution >= 0.6 is 0 Å². The Labute approximate surface area is 78.2 Å². The normalized spacial score (nSPS) is 9.38. The van der Waals surface area contributed by atoms with E-state index in [1.807, 2.05) is 0 Å². The molecule has 0 unspecified atom stereocenters. The predicted octanol–water partition coefficient (Wildman–Crippen LogP) is 1.28. The largest absolute Gasteiger partial charge is 0.466 e. The molecule has 0 rings (SSSR count). The molecule has 0 aliphatic rings. The van der Waals surface area contributed by atoms with Crippen molar-refractivity contribution in [2.24, 2.45) is 0 Å². The summed E-state index contributed by atoms with van der Waals surface area (Å²) in [6, 6.07) is 0. The highest BCUT2D eigenvalue weighted by atomic mass is 16.5. The summed E-state index contributed by atoms with van der Waals surface area (Å²) in [6.45, 7) is 4.18. The van der Waals surface area contributed by atoms with Crippen LogP contribution in [0.25, 0.3) is 0 Å². The molecule has 0 fully saturated rings. The van der Waals surface area contributed by atoms with Crippen LogP contribution in [-0.4, -0.2) is 25.2 Å². The molecule has 0 N–H and O–H groups in total. The minimum atomic E-state index is -0.241. The van der Waals surface area contributed by atoms with E-state index in [0.29, 0.717) is 32.5 Å². The SMILES string of the molecule is CCOC(=O)CCCOC(=O)CC. The molecule has 4 nitrogen and oxygen atoms in total. The molecule has 0 bridgehead atoms. The van der Waals surface area contributed by atoms with Crippen molar-refractivity contribution in [1.29, 1.82) is 0 Å². The molecular weight excluding hydrogens is 172 g/mol. The Bertz CT molecular complexity index is 165.